The molecule has 2 heterocycles. The zero-order valence-electron chi connectivity index (χ0n) is 14.9. The van der Waals surface area contributed by atoms with E-state index in [1.807, 2.05) is 4.90 Å². The second kappa shape index (κ2) is 7.58. The number of nitro groups is 1. The zero-order valence-corrected chi connectivity index (χ0v) is 14.9. The molecular weight excluding hydrogens is 381 g/mol. The molecule has 0 bridgehead atoms. The van der Waals surface area contributed by atoms with Crippen molar-refractivity contribution in [3.63, 3.8) is 0 Å². The Kier molecular flexibility index (Phi) is 5.36. The molecule has 0 unspecified atom stereocenters. The van der Waals surface area contributed by atoms with E-state index >= 15 is 0 Å². The third-order valence-electron chi connectivity index (χ3n) is 4.34. The average molecular weight is 398 g/mol. The van der Waals surface area contributed by atoms with Gasteiger partial charge in [-0.25, -0.2) is 4.98 Å². The molecule has 1 aromatic carbocycles. The largest absolute Gasteiger partial charge is 0.487 e. The molecule has 0 saturated heterocycles. The first-order valence-corrected chi connectivity index (χ1v) is 8.50. The molecule has 11 heteroatoms. The number of aromatic amines is 1. The predicted octanol–water partition coefficient (Wildman–Crippen LogP) is 2.65. The Morgan fingerprint density at radius 3 is 2.79 bits per heavy atom. The molecule has 0 radical (unpaired) electrons. The molecule has 0 saturated carbocycles. The van der Waals surface area contributed by atoms with Gasteiger partial charge in [0.2, 0.25) is 5.82 Å². The highest BCUT2D eigenvalue weighted by molar-refractivity contribution is 5.48. The number of nitrogens with zero attached hydrogens (tertiary/aromatic N) is 3. The second-order valence-electron chi connectivity index (χ2n) is 6.29. The molecule has 1 aromatic heterocycles. The summed E-state index contributed by atoms with van der Waals surface area (Å²) in [5, 5.41) is 11.2. The van der Waals surface area contributed by atoms with E-state index in [9.17, 15) is 28.1 Å². The van der Waals surface area contributed by atoms with Crippen LogP contribution in [0.2, 0.25) is 0 Å². The summed E-state index contributed by atoms with van der Waals surface area (Å²) in [4.78, 5) is 29.9. The summed E-state index contributed by atoms with van der Waals surface area (Å²) in [6.45, 7) is 2.79. The number of hydrogen-bond donors (Lipinski definition) is 1. The van der Waals surface area contributed by atoms with Crippen LogP contribution in [0.1, 0.15) is 29.6 Å². The highest BCUT2D eigenvalue weighted by Gasteiger charge is 2.36. The molecular formula is C17H17F3N4O4. The summed E-state index contributed by atoms with van der Waals surface area (Å²) in [5.41, 5.74) is -0.0367. The van der Waals surface area contributed by atoms with Crippen LogP contribution in [0.4, 0.5) is 18.9 Å². The highest BCUT2D eigenvalue weighted by Crippen LogP contribution is 2.30. The van der Waals surface area contributed by atoms with Crippen molar-refractivity contribution >= 4 is 5.69 Å². The SMILES string of the molecule is CCOc1ccc(CN2CCc3nc(C(F)(F)F)[nH]c(=O)c3C2)cc1[N+](=O)[O-]. The lowest BCUT2D eigenvalue weighted by Gasteiger charge is -2.27. The van der Waals surface area contributed by atoms with Gasteiger partial charge in [0.15, 0.2) is 5.75 Å². The van der Waals surface area contributed by atoms with Gasteiger partial charge in [0.25, 0.3) is 5.56 Å². The van der Waals surface area contributed by atoms with Crippen LogP contribution in [0.3, 0.4) is 0 Å². The highest BCUT2D eigenvalue weighted by atomic mass is 19.4. The maximum atomic E-state index is 12.8. The summed E-state index contributed by atoms with van der Waals surface area (Å²) in [7, 11) is 0. The molecule has 28 heavy (non-hydrogen) atoms. The topological polar surface area (TPSA) is 101 Å². The van der Waals surface area contributed by atoms with E-state index < -0.39 is 22.5 Å². The predicted molar refractivity (Wildman–Crippen MR) is 91.9 cm³/mol. The van der Waals surface area contributed by atoms with E-state index in [1.165, 1.54) is 12.1 Å². The number of benzene rings is 1. The third-order valence-corrected chi connectivity index (χ3v) is 4.34. The number of nitro benzene ring substituents is 1. The number of halogens is 3. The van der Waals surface area contributed by atoms with E-state index in [1.54, 1.807) is 18.0 Å². The molecule has 0 aliphatic carbocycles. The number of rotatable bonds is 5. The number of H-pyrrole nitrogens is 1. The Morgan fingerprint density at radius 2 is 2.14 bits per heavy atom. The fourth-order valence-corrected chi connectivity index (χ4v) is 3.09. The van der Waals surface area contributed by atoms with Crippen LogP contribution < -0.4 is 10.3 Å². The number of alkyl halides is 3. The van der Waals surface area contributed by atoms with Crippen molar-refractivity contribution in [3.8, 4) is 5.75 Å². The molecule has 150 valence electrons. The smallest absolute Gasteiger partial charge is 0.449 e. The Balaban J connectivity index is 1.81. The number of aromatic nitrogens is 2. The van der Waals surface area contributed by atoms with Crippen molar-refractivity contribution in [1.82, 2.24) is 14.9 Å². The minimum atomic E-state index is -4.72. The van der Waals surface area contributed by atoms with Crippen LogP contribution in [-0.2, 0) is 25.7 Å². The van der Waals surface area contributed by atoms with Crippen LogP contribution in [-0.4, -0.2) is 32.9 Å². The van der Waals surface area contributed by atoms with Gasteiger partial charge in [0, 0.05) is 32.1 Å². The number of nitrogens with one attached hydrogen (secondary N) is 1. The van der Waals surface area contributed by atoms with Gasteiger partial charge >= 0.3 is 11.9 Å². The summed E-state index contributed by atoms with van der Waals surface area (Å²) in [6, 6.07) is 4.59. The lowest BCUT2D eigenvalue weighted by molar-refractivity contribution is -0.385. The van der Waals surface area contributed by atoms with Crippen molar-refractivity contribution < 1.29 is 22.8 Å². The van der Waals surface area contributed by atoms with Crippen LogP contribution in [0.15, 0.2) is 23.0 Å². The third kappa shape index (κ3) is 4.14. The first kappa shape index (κ1) is 19.8. The molecule has 1 aliphatic rings. The first-order valence-electron chi connectivity index (χ1n) is 8.50. The van der Waals surface area contributed by atoms with E-state index in [0.29, 0.717) is 25.3 Å². The Labute approximate surface area is 157 Å². The van der Waals surface area contributed by atoms with Gasteiger partial charge < -0.3 is 9.72 Å². The molecule has 8 nitrogen and oxygen atoms in total. The van der Waals surface area contributed by atoms with Gasteiger partial charge in [-0.05, 0) is 18.6 Å². The lowest BCUT2D eigenvalue weighted by Crippen LogP contribution is -2.36. The standard InChI is InChI=1S/C17H17F3N4O4/c1-2-28-14-4-3-10(7-13(14)24(26)27)8-23-6-5-12-11(9-23)15(25)22-16(21-12)17(18,19)20/h3-4,7H,2,5-6,8-9H2,1H3,(H,21,22,25). The van der Waals surface area contributed by atoms with Crippen molar-refractivity contribution in [3.05, 3.63) is 61.3 Å². The minimum Gasteiger partial charge on any atom is -0.487 e. The van der Waals surface area contributed by atoms with Crippen LogP contribution in [0, 0.1) is 10.1 Å². The van der Waals surface area contributed by atoms with Crippen LogP contribution >= 0.6 is 0 Å². The first-order chi connectivity index (χ1) is 13.2. The maximum absolute atomic E-state index is 12.8. The normalized spacial score (nSPS) is 14.6. The quantitative estimate of drug-likeness (QED) is 0.614. The fraction of sp³-hybridized carbons (Fsp3) is 0.412. The summed E-state index contributed by atoms with van der Waals surface area (Å²) in [5.74, 6) is -1.13. The number of fused-ring (bicyclic) bond motifs is 1. The Morgan fingerprint density at radius 1 is 1.39 bits per heavy atom. The molecule has 1 aliphatic heterocycles. The van der Waals surface area contributed by atoms with Crippen molar-refractivity contribution in [2.45, 2.75) is 32.6 Å². The lowest BCUT2D eigenvalue weighted by atomic mass is 10.1. The van der Waals surface area contributed by atoms with Crippen LogP contribution in [0.5, 0.6) is 5.75 Å². The summed E-state index contributed by atoms with van der Waals surface area (Å²) < 4.78 is 43.6. The fourth-order valence-electron chi connectivity index (χ4n) is 3.09. The molecule has 0 spiro atoms. The molecule has 1 N–H and O–H groups in total. The number of ether oxygens (including phenoxy) is 1. The van der Waals surface area contributed by atoms with E-state index in [4.69, 9.17) is 4.74 Å². The van der Waals surface area contributed by atoms with Crippen molar-refractivity contribution in [1.29, 1.82) is 0 Å². The van der Waals surface area contributed by atoms with Crippen molar-refractivity contribution in [2.24, 2.45) is 0 Å². The second-order valence-corrected chi connectivity index (χ2v) is 6.29. The minimum absolute atomic E-state index is 0.108. The van der Waals surface area contributed by atoms with E-state index in [-0.39, 0.29) is 35.7 Å². The van der Waals surface area contributed by atoms with Crippen LogP contribution in [0.25, 0.3) is 0 Å². The van der Waals surface area contributed by atoms with Gasteiger partial charge in [0.05, 0.1) is 22.8 Å². The number of hydrogen-bond acceptors (Lipinski definition) is 6. The van der Waals surface area contributed by atoms with Crippen molar-refractivity contribution in [2.75, 3.05) is 13.2 Å². The average Bonchev–Trinajstić information content (AvgIpc) is 2.62. The molecule has 0 fully saturated rings. The molecule has 0 atom stereocenters. The molecule has 3 rings (SSSR count). The van der Waals surface area contributed by atoms with E-state index in [2.05, 4.69) is 4.98 Å². The van der Waals surface area contributed by atoms with Gasteiger partial charge in [-0.2, -0.15) is 13.2 Å². The van der Waals surface area contributed by atoms with Gasteiger partial charge in [0.1, 0.15) is 0 Å². The Bertz CT molecular complexity index is 958. The van der Waals surface area contributed by atoms with Gasteiger partial charge in [-0.15, -0.1) is 0 Å². The Hall–Kier alpha value is -2.95. The summed E-state index contributed by atoms with van der Waals surface area (Å²) >= 11 is 0. The maximum Gasteiger partial charge on any atom is 0.449 e. The van der Waals surface area contributed by atoms with Gasteiger partial charge in [-0.1, -0.05) is 6.07 Å². The monoisotopic (exact) mass is 398 g/mol. The summed E-state index contributed by atoms with van der Waals surface area (Å²) in [6.07, 6.45) is -4.53. The molecule has 2 aromatic rings. The zero-order chi connectivity index (χ0) is 20.5. The van der Waals surface area contributed by atoms with E-state index in [0.717, 1.165) is 0 Å². The molecule has 0 amide bonds. The van der Waals surface area contributed by atoms with Gasteiger partial charge in [-0.3, -0.25) is 19.8 Å².